The summed E-state index contributed by atoms with van der Waals surface area (Å²) in [5, 5.41) is 172. The molecule has 0 radical (unpaired) electrons. The van der Waals surface area contributed by atoms with Gasteiger partial charge in [0.25, 0.3) is 0 Å². The summed E-state index contributed by atoms with van der Waals surface area (Å²) in [6, 6.07) is -2.70. The molecule has 0 aromatic carbocycles. The molecule has 5 rings (SSSR count). The van der Waals surface area contributed by atoms with Crippen molar-refractivity contribution in [3.63, 3.8) is 0 Å². The summed E-state index contributed by atoms with van der Waals surface area (Å²) in [6.07, 6.45) is 2.05. The van der Waals surface area contributed by atoms with Gasteiger partial charge in [-0.1, -0.05) is 205 Å². The number of nitrogens with one attached hydrogen (secondary N) is 2. The minimum Gasteiger partial charge on any atom is -0.394 e. The molecule has 5 fully saturated rings. The summed E-state index contributed by atoms with van der Waals surface area (Å²) in [6.45, 7) is 2.66. The summed E-state index contributed by atoms with van der Waals surface area (Å²) in [5.41, 5.74) is 0. The lowest BCUT2D eigenvalue weighted by atomic mass is 9.94. The molecular weight excluding hydrogens is 1370 g/mol. The Bertz CT molecular complexity index is 2320. The summed E-state index contributed by atoms with van der Waals surface area (Å²) >= 11 is 0. The molecule has 5 aliphatic rings. The van der Waals surface area contributed by atoms with Gasteiger partial charge in [-0.3, -0.25) is 9.59 Å². The summed E-state index contributed by atoms with van der Waals surface area (Å²) in [4.78, 5) is 26.3. The van der Waals surface area contributed by atoms with Gasteiger partial charge in [-0.2, -0.15) is 0 Å². The topological polar surface area (TPSA) is 454 Å². The van der Waals surface area contributed by atoms with Crippen LogP contribution in [-0.2, 0) is 57.0 Å². The Balaban J connectivity index is 1.16. The molecule has 614 valence electrons. The first-order chi connectivity index (χ1) is 50.7. The zero-order chi connectivity index (χ0) is 76.6. The van der Waals surface area contributed by atoms with Crippen LogP contribution >= 0.6 is 0 Å². The van der Waals surface area contributed by atoms with Crippen molar-refractivity contribution < 1.29 is 134 Å². The van der Waals surface area contributed by atoms with E-state index in [1.54, 1.807) is 6.08 Å². The molecule has 0 saturated carbocycles. The smallest absolute Gasteiger partial charge is 0.220 e. The fourth-order valence-corrected chi connectivity index (χ4v) is 14.3. The Morgan fingerprint density at radius 1 is 0.390 bits per heavy atom. The van der Waals surface area contributed by atoms with Crippen LogP contribution in [0.15, 0.2) is 24.3 Å². The molecule has 27 atom stereocenters. The van der Waals surface area contributed by atoms with Crippen molar-refractivity contribution in [2.75, 3.05) is 33.0 Å². The van der Waals surface area contributed by atoms with Crippen LogP contribution < -0.4 is 10.6 Å². The highest BCUT2D eigenvalue weighted by Crippen LogP contribution is 2.37. The van der Waals surface area contributed by atoms with E-state index in [1.807, 2.05) is 6.08 Å². The van der Waals surface area contributed by atoms with E-state index < -0.39 is 205 Å². The standard InChI is InChI=1S/C76H138N2O27/c1-5-7-9-11-13-15-17-19-20-21-22-23-24-25-26-27-28-30-32-34-36-38-40-42-56(85)78-50(51(84)41-39-37-35-33-31-29-18-16-14-12-10-8-6-2)47-96-73-65(93)63(91)68(55(46-82)101-73)102-75-67(95)71(61(89)54(45-81)99-75)105-76-66(94)70(60(88)53(44-80)100-76)104-72-57(77-49(4)83)69(59(87)52(43-79)98-72)103-74-64(92)62(90)58(86)48(3)97-74/h19-20,39,41,48,50-55,57-76,79-82,84,86-95H,5-18,21-38,40,42-47H2,1-4H3,(H,77,83)(H,78,85)/b20-19-,41-39+/t48?,50-,51+,52?,53?,54?,55?,57?,58+,59+,60-,61-,62?,63+,64-,65?,66?,67?,68+,69+,70-,71-,72-,73+,74+,75-,76+/m0/s1. The van der Waals surface area contributed by atoms with Gasteiger partial charge in [-0.15, -0.1) is 0 Å². The van der Waals surface area contributed by atoms with Gasteiger partial charge in [0.1, 0.15) is 116 Å². The number of rotatable bonds is 54. The number of carbonyl (C=O) groups excluding carboxylic acids is 2. The van der Waals surface area contributed by atoms with Crippen molar-refractivity contribution in [2.24, 2.45) is 0 Å². The van der Waals surface area contributed by atoms with Gasteiger partial charge in [0.15, 0.2) is 31.5 Å². The van der Waals surface area contributed by atoms with Crippen LogP contribution in [0.4, 0.5) is 0 Å². The normalized spacial score (nSPS) is 34.6. The maximum Gasteiger partial charge on any atom is 0.220 e. The molecule has 0 aliphatic carbocycles. The molecule has 5 saturated heterocycles. The Kier molecular flexibility index (Phi) is 46.6. The van der Waals surface area contributed by atoms with Gasteiger partial charge in [-0.05, 0) is 51.9 Å². The van der Waals surface area contributed by atoms with E-state index in [1.165, 1.54) is 161 Å². The molecule has 2 amide bonds. The summed E-state index contributed by atoms with van der Waals surface area (Å²) in [7, 11) is 0. The number of ether oxygens (including phenoxy) is 10. The predicted molar refractivity (Wildman–Crippen MR) is 385 cm³/mol. The highest BCUT2D eigenvalue weighted by Gasteiger charge is 2.57. The zero-order valence-electron chi connectivity index (χ0n) is 63.1. The number of hydrogen-bond donors (Lipinski definition) is 17. The molecular formula is C76H138N2O27. The Hall–Kier alpha value is -2.58. The van der Waals surface area contributed by atoms with E-state index in [9.17, 15) is 86.2 Å². The maximum absolute atomic E-state index is 13.5. The number of hydrogen-bond acceptors (Lipinski definition) is 27. The Morgan fingerprint density at radius 2 is 0.752 bits per heavy atom. The third-order valence-corrected chi connectivity index (χ3v) is 20.8. The van der Waals surface area contributed by atoms with Crippen molar-refractivity contribution in [3.05, 3.63) is 24.3 Å². The van der Waals surface area contributed by atoms with E-state index in [0.29, 0.717) is 12.8 Å². The van der Waals surface area contributed by atoms with Crippen molar-refractivity contribution in [2.45, 2.75) is 412 Å². The molecule has 0 bridgehead atoms. The molecule has 10 unspecified atom stereocenters. The van der Waals surface area contributed by atoms with Crippen LogP contribution in [-0.4, -0.2) is 287 Å². The molecule has 5 aliphatic heterocycles. The van der Waals surface area contributed by atoms with Crippen LogP contribution in [0.25, 0.3) is 0 Å². The van der Waals surface area contributed by atoms with E-state index in [2.05, 4.69) is 36.6 Å². The van der Waals surface area contributed by atoms with Gasteiger partial charge in [0.2, 0.25) is 11.8 Å². The highest BCUT2D eigenvalue weighted by molar-refractivity contribution is 5.76. The van der Waals surface area contributed by atoms with Gasteiger partial charge >= 0.3 is 0 Å². The first-order valence-electron chi connectivity index (χ1n) is 40.0. The predicted octanol–water partition coefficient (Wildman–Crippen LogP) is 3.53. The molecule has 105 heavy (non-hydrogen) atoms. The SMILES string of the molecule is CCCCCCCC/C=C\CCCCCCCCCCCCCCCC(=O)N[C@@H](CO[C@@H]1OC(CO)[C@@H](O[C@@H]2OC(CO)[C@H](O)[C@H](O[C@H]3OC(CO)[C@H](O)[C@H](O[C@@H]4OC(CO)[C@@H](O)[C@H](O[C@H]5OC(C)[C@@H](O)C(O)[C@@H]5O)C4NC(C)=O)C3O)C2O)[C@H](O)C1O)[C@H](O)/C=C/CCCCCCCCCCCCC. The van der Waals surface area contributed by atoms with Crippen LogP contribution in [0.3, 0.4) is 0 Å². The number of amides is 2. The monoisotopic (exact) mass is 1510 g/mol. The fourth-order valence-electron chi connectivity index (χ4n) is 14.3. The van der Waals surface area contributed by atoms with E-state index in [0.717, 1.165) is 51.9 Å². The second-order valence-electron chi connectivity index (χ2n) is 29.6. The van der Waals surface area contributed by atoms with Crippen LogP contribution in [0.5, 0.6) is 0 Å². The lowest BCUT2D eigenvalue weighted by Crippen LogP contribution is -2.70. The first kappa shape index (κ1) is 93.0. The van der Waals surface area contributed by atoms with Gasteiger partial charge < -0.3 is 135 Å². The Morgan fingerprint density at radius 3 is 1.20 bits per heavy atom. The molecule has 0 aromatic rings. The largest absolute Gasteiger partial charge is 0.394 e. The minimum atomic E-state index is -2.20. The van der Waals surface area contributed by atoms with Crippen molar-refractivity contribution in [1.82, 2.24) is 10.6 Å². The molecule has 5 heterocycles. The van der Waals surface area contributed by atoms with Crippen molar-refractivity contribution in [3.8, 4) is 0 Å². The van der Waals surface area contributed by atoms with E-state index in [4.69, 9.17) is 47.4 Å². The molecule has 29 nitrogen and oxygen atoms in total. The molecule has 17 N–H and O–H groups in total. The first-order valence-corrected chi connectivity index (χ1v) is 40.0. The van der Waals surface area contributed by atoms with Crippen molar-refractivity contribution >= 4 is 11.8 Å². The molecule has 0 spiro atoms. The van der Waals surface area contributed by atoms with E-state index in [-0.39, 0.29) is 12.3 Å². The number of aliphatic hydroxyl groups excluding tert-OH is 15. The number of carbonyl (C=O) groups is 2. The second-order valence-corrected chi connectivity index (χ2v) is 29.6. The summed E-state index contributed by atoms with van der Waals surface area (Å²) in [5.74, 6) is -1.11. The minimum absolute atomic E-state index is 0.193. The average molecular weight is 1510 g/mol. The molecule has 0 aromatic heterocycles. The van der Waals surface area contributed by atoms with Gasteiger partial charge in [0, 0.05) is 13.3 Å². The van der Waals surface area contributed by atoms with Gasteiger partial charge in [0.05, 0.1) is 51.3 Å². The van der Waals surface area contributed by atoms with Crippen molar-refractivity contribution in [1.29, 1.82) is 0 Å². The third-order valence-electron chi connectivity index (χ3n) is 20.8. The third kappa shape index (κ3) is 31.5. The number of allylic oxidation sites excluding steroid dienone is 3. The number of unbranched alkanes of at least 4 members (excludes halogenated alkanes) is 30. The summed E-state index contributed by atoms with van der Waals surface area (Å²) < 4.78 is 58.8. The fraction of sp³-hybridized carbons (Fsp3) is 0.921. The molecule has 29 heteroatoms. The van der Waals surface area contributed by atoms with E-state index >= 15 is 0 Å². The number of aliphatic hydroxyl groups is 15. The van der Waals surface area contributed by atoms with Gasteiger partial charge in [-0.25, -0.2) is 0 Å². The lowest BCUT2D eigenvalue weighted by molar-refractivity contribution is -0.389. The van der Waals surface area contributed by atoms with Crippen LogP contribution in [0.1, 0.15) is 246 Å². The highest BCUT2D eigenvalue weighted by atomic mass is 16.8. The van der Waals surface area contributed by atoms with Crippen LogP contribution in [0.2, 0.25) is 0 Å². The lowest BCUT2D eigenvalue weighted by Gasteiger charge is -2.50. The van der Waals surface area contributed by atoms with Crippen LogP contribution in [0, 0.1) is 0 Å². The zero-order valence-corrected chi connectivity index (χ0v) is 63.1. The quantitative estimate of drug-likeness (QED) is 0.0306. The average Bonchev–Trinajstić information content (AvgIpc) is 0.771. The maximum atomic E-state index is 13.5. The Labute approximate surface area is 622 Å². The second kappa shape index (κ2) is 52.6.